The lowest BCUT2D eigenvalue weighted by atomic mass is 9.84. The Morgan fingerprint density at radius 2 is 1.72 bits per heavy atom. The molecular weight excluding hydrogens is 408 g/mol. The Morgan fingerprint density at radius 3 is 2.28 bits per heavy atom. The van der Waals surface area contributed by atoms with Crippen molar-refractivity contribution in [2.24, 2.45) is 16.2 Å². The molecule has 1 fully saturated rings. The molecule has 29 heavy (non-hydrogen) atoms. The third kappa shape index (κ3) is 6.03. The molecule has 0 aliphatic heterocycles. The van der Waals surface area contributed by atoms with Crippen molar-refractivity contribution >= 4 is 19.8 Å². The molecule has 0 radical (unpaired) electrons. The summed E-state index contributed by atoms with van der Waals surface area (Å²) in [5.74, 6) is 0.325. The first-order valence-corrected chi connectivity index (χ1v) is 13.5. The van der Waals surface area contributed by atoms with Crippen LogP contribution < -0.4 is 4.72 Å². The summed E-state index contributed by atoms with van der Waals surface area (Å²) in [7, 11) is -4.61. The fourth-order valence-electron chi connectivity index (χ4n) is 3.99. The highest BCUT2D eigenvalue weighted by Crippen LogP contribution is 2.34. The average molecular weight is 445 g/mol. The molecule has 0 unspecified atom stereocenters. The predicted octanol–water partition coefficient (Wildman–Crippen LogP) is 3.42. The standard InChI is InChI=1S/C21H36N2O4S2/c1-21(2,3)29(26,27)23-20(15-24)19-14-10-5-7-11-17(19)16-28(25,22-4)18-12-8-6-9-13-18/h6,8-9,12-13,17,19-20,23-24H,5,7,10-11,14-16H2,1-4H3/t17-,19-,20-,28+/m1/s1. The van der Waals surface area contributed by atoms with Crippen molar-refractivity contribution in [3.05, 3.63) is 30.3 Å². The average Bonchev–Trinajstić information content (AvgIpc) is 2.91. The molecule has 0 spiro atoms. The Morgan fingerprint density at radius 1 is 1.10 bits per heavy atom. The minimum Gasteiger partial charge on any atom is -0.395 e. The van der Waals surface area contributed by atoms with Crippen molar-refractivity contribution in [3.63, 3.8) is 0 Å². The van der Waals surface area contributed by atoms with Gasteiger partial charge in [0, 0.05) is 23.7 Å². The molecule has 0 saturated heterocycles. The van der Waals surface area contributed by atoms with Crippen LogP contribution in [-0.4, -0.2) is 47.9 Å². The molecular formula is C21H36N2O4S2. The Kier molecular flexibility index (Phi) is 8.30. The molecule has 1 saturated carbocycles. The van der Waals surface area contributed by atoms with E-state index in [9.17, 15) is 17.7 Å². The summed E-state index contributed by atoms with van der Waals surface area (Å²) >= 11 is 0. The molecule has 1 aliphatic carbocycles. The Labute approximate surface area is 176 Å². The van der Waals surface area contributed by atoms with Gasteiger partial charge >= 0.3 is 0 Å². The van der Waals surface area contributed by atoms with Crippen LogP contribution in [0.2, 0.25) is 0 Å². The number of aliphatic hydroxyl groups excluding tert-OH is 1. The van der Waals surface area contributed by atoms with E-state index in [2.05, 4.69) is 9.08 Å². The molecule has 0 aromatic heterocycles. The zero-order chi connectivity index (χ0) is 21.7. The van der Waals surface area contributed by atoms with Crippen LogP contribution in [0.3, 0.4) is 0 Å². The van der Waals surface area contributed by atoms with E-state index in [1.54, 1.807) is 27.8 Å². The summed E-state index contributed by atoms with van der Waals surface area (Å²) in [5.41, 5.74) is 0. The number of aliphatic hydroxyl groups is 1. The van der Waals surface area contributed by atoms with Gasteiger partial charge in [-0.15, -0.1) is 0 Å². The number of hydrogen-bond acceptors (Lipinski definition) is 5. The lowest BCUT2D eigenvalue weighted by molar-refractivity contribution is 0.176. The molecule has 2 rings (SSSR count). The summed E-state index contributed by atoms with van der Waals surface area (Å²) in [6.45, 7) is 4.66. The van der Waals surface area contributed by atoms with Gasteiger partial charge in [0.2, 0.25) is 10.0 Å². The van der Waals surface area contributed by atoms with Gasteiger partial charge in [-0.25, -0.2) is 21.7 Å². The van der Waals surface area contributed by atoms with Crippen molar-refractivity contribution in [2.75, 3.05) is 19.4 Å². The number of sulfonamides is 1. The molecule has 0 bridgehead atoms. The molecule has 1 aliphatic rings. The summed E-state index contributed by atoms with van der Waals surface area (Å²) in [5, 5.41) is 10.1. The third-order valence-corrected chi connectivity index (χ3v) is 10.6. The van der Waals surface area contributed by atoms with Crippen LogP contribution in [0.1, 0.15) is 52.9 Å². The zero-order valence-corrected chi connectivity index (χ0v) is 19.6. The van der Waals surface area contributed by atoms with Crippen molar-refractivity contribution in [1.29, 1.82) is 0 Å². The molecule has 2 N–H and O–H groups in total. The number of nitrogens with zero attached hydrogens (tertiary/aromatic N) is 1. The van der Waals surface area contributed by atoms with Crippen molar-refractivity contribution < 1.29 is 17.7 Å². The number of nitrogens with one attached hydrogen (secondary N) is 1. The van der Waals surface area contributed by atoms with Crippen LogP contribution >= 0.6 is 0 Å². The lowest BCUT2D eigenvalue weighted by Gasteiger charge is -2.34. The topological polar surface area (TPSA) is 95.8 Å². The van der Waals surface area contributed by atoms with Crippen LogP contribution in [0.25, 0.3) is 0 Å². The number of rotatable bonds is 7. The Hall–Kier alpha value is -0.960. The van der Waals surface area contributed by atoms with Crippen LogP contribution in [0.4, 0.5) is 0 Å². The van der Waals surface area contributed by atoms with Crippen molar-refractivity contribution in [3.8, 4) is 0 Å². The van der Waals surface area contributed by atoms with E-state index in [1.165, 1.54) is 0 Å². The van der Waals surface area contributed by atoms with Crippen LogP contribution in [-0.2, 0) is 19.8 Å². The van der Waals surface area contributed by atoms with Gasteiger partial charge in [0.1, 0.15) is 0 Å². The van der Waals surface area contributed by atoms with E-state index in [0.717, 1.165) is 32.1 Å². The van der Waals surface area contributed by atoms with Gasteiger partial charge in [-0.2, -0.15) is 0 Å². The first-order chi connectivity index (χ1) is 13.5. The maximum atomic E-state index is 13.7. The van der Waals surface area contributed by atoms with E-state index in [1.807, 2.05) is 30.3 Å². The van der Waals surface area contributed by atoms with E-state index in [-0.39, 0.29) is 18.4 Å². The van der Waals surface area contributed by atoms with E-state index in [0.29, 0.717) is 10.6 Å². The highest BCUT2D eigenvalue weighted by atomic mass is 32.2. The van der Waals surface area contributed by atoms with Gasteiger partial charge in [-0.05, 0) is 57.6 Å². The molecule has 1 aromatic rings. The molecule has 1 aromatic carbocycles. The zero-order valence-electron chi connectivity index (χ0n) is 18.0. The monoisotopic (exact) mass is 444 g/mol. The highest BCUT2D eigenvalue weighted by Gasteiger charge is 2.38. The number of benzene rings is 1. The quantitative estimate of drug-likeness (QED) is 0.630. The third-order valence-electron chi connectivity index (χ3n) is 5.89. The molecule has 4 atom stereocenters. The maximum absolute atomic E-state index is 13.7. The van der Waals surface area contributed by atoms with Gasteiger partial charge in [0.15, 0.2) is 0 Å². The predicted molar refractivity (Wildman–Crippen MR) is 119 cm³/mol. The lowest BCUT2D eigenvalue weighted by Crippen LogP contribution is -2.51. The summed E-state index contributed by atoms with van der Waals surface area (Å²) < 4.78 is 45.2. The normalized spacial score (nSPS) is 24.3. The second kappa shape index (κ2) is 9.90. The van der Waals surface area contributed by atoms with E-state index < -0.39 is 30.5 Å². The summed E-state index contributed by atoms with van der Waals surface area (Å²) in [4.78, 5) is 0.710. The SMILES string of the molecule is CN=[S@](=O)(C[C@H]1CCCCC[C@H]1[C@@H](CO)NS(=O)(=O)C(C)(C)C)c1ccccc1. The first-order valence-electron chi connectivity index (χ1n) is 10.3. The maximum Gasteiger partial charge on any atom is 0.216 e. The van der Waals surface area contributed by atoms with E-state index in [4.69, 9.17) is 0 Å². The summed E-state index contributed by atoms with van der Waals surface area (Å²) in [6.07, 6.45) is 4.71. The Balaban J connectivity index is 2.34. The minimum atomic E-state index is -3.60. The molecule has 166 valence electrons. The highest BCUT2D eigenvalue weighted by molar-refractivity contribution is 7.93. The fourth-order valence-corrected chi connectivity index (χ4v) is 7.12. The van der Waals surface area contributed by atoms with Gasteiger partial charge in [0.25, 0.3) is 0 Å². The molecule has 0 amide bonds. The van der Waals surface area contributed by atoms with Crippen LogP contribution in [0.5, 0.6) is 0 Å². The second-order valence-electron chi connectivity index (χ2n) is 8.89. The smallest absolute Gasteiger partial charge is 0.216 e. The van der Waals surface area contributed by atoms with Crippen LogP contribution in [0.15, 0.2) is 39.6 Å². The van der Waals surface area contributed by atoms with Gasteiger partial charge < -0.3 is 5.11 Å². The van der Waals surface area contributed by atoms with Crippen molar-refractivity contribution in [1.82, 2.24) is 4.72 Å². The van der Waals surface area contributed by atoms with Crippen LogP contribution in [0, 0.1) is 11.8 Å². The van der Waals surface area contributed by atoms with E-state index >= 15 is 0 Å². The Bertz CT molecular complexity index is 870. The fraction of sp³-hybridized carbons (Fsp3) is 0.714. The van der Waals surface area contributed by atoms with Gasteiger partial charge in [-0.1, -0.05) is 37.5 Å². The second-order valence-corrected chi connectivity index (χ2v) is 13.8. The molecule has 8 heteroatoms. The first kappa shape index (κ1) is 24.3. The minimum absolute atomic E-state index is 0.0220. The number of hydrogen-bond donors (Lipinski definition) is 2. The van der Waals surface area contributed by atoms with Gasteiger partial charge in [-0.3, -0.25) is 0 Å². The van der Waals surface area contributed by atoms with Gasteiger partial charge in [0.05, 0.1) is 21.1 Å². The van der Waals surface area contributed by atoms with Crippen molar-refractivity contribution in [2.45, 2.75) is 68.6 Å². The largest absolute Gasteiger partial charge is 0.395 e. The summed E-state index contributed by atoms with van der Waals surface area (Å²) in [6, 6.07) is 8.70. The molecule has 6 nitrogen and oxygen atoms in total. The molecule has 0 heterocycles.